The molecule has 1 atom stereocenters. The molecule has 0 fully saturated rings. The molecule has 148 valence electrons. The SMILES string of the molecule is OC1c2ccccc2CCc2ccc(/C=C/c3ccc4cc(F)c(F)cc4n3)cc21. The monoisotopic (exact) mass is 399 g/mol. The fourth-order valence-corrected chi connectivity index (χ4v) is 4.07. The Bertz CT molecular complexity index is 1300. The second-order valence-electron chi connectivity index (χ2n) is 7.59. The third kappa shape index (κ3) is 3.40. The van der Waals surface area contributed by atoms with Crippen LogP contribution >= 0.6 is 0 Å². The molecule has 1 heterocycles. The van der Waals surface area contributed by atoms with Gasteiger partial charge in [-0.15, -0.1) is 0 Å². The summed E-state index contributed by atoms with van der Waals surface area (Å²) in [5, 5.41) is 11.5. The van der Waals surface area contributed by atoms with Gasteiger partial charge in [-0.1, -0.05) is 48.5 Å². The minimum absolute atomic E-state index is 0.407. The molecule has 0 aliphatic heterocycles. The fraction of sp³-hybridized carbons (Fsp3) is 0.115. The highest BCUT2D eigenvalue weighted by Crippen LogP contribution is 2.33. The van der Waals surface area contributed by atoms with Crippen molar-refractivity contribution in [2.24, 2.45) is 0 Å². The number of aliphatic hydroxyl groups excluding tert-OH is 1. The number of aromatic nitrogens is 1. The summed E-state index contributed by atoms with van der Waals surface area (Å²) in [6.45, 7) is 0. The summed E-state index contributed by atoms with van der Waals surface area (Å²) < 4.78 is 26.9. The fourth-order valence-electron chi connectivity index (χ4n) is 4.07. The smallest absolute Gasteiger partial charge is 0.161 e. The number of aryl methyl sites for hydroxylation is 2. The lowest BCUT2D eigenvalue weighted by molar-refractivity contribution is 0.219. The average Bonchev–Trinajstić information content (AvgIpc) is 2.90. The van der Waals surface area contributed by atoms with Crippen LogP contribution in [0.1, 0.15) is 39.6 Å². The molecular formula is C26H19F2NO. The Morgan fingerprint density at radius 2 is 1.57 bits per heavy atom. The Morgan fingerprint density at radius 1 is 0.800 bits per heavy atom. The van der Waals surface area contributed by atoms with E-state index in [1.807, 2.05) is 42.5 Å². The van der Waals surface area contributed by atoms with Crippen LogP contribution in [0.15, 0.2) is 66.7 Å². The maximum absolute atomic E-state index is 13.5. The zero-order valence-electron chi connectivity index (χ0n) is 16.1. The molecule has 1 unspecified atom stereocenters. The van der Waals surface area contributed by atoms with Crippen LogP contribution in [0, 0.1) is 11.6 Å². The summed E-state index contributed by atoms with van der Waals surface area (Å²) in [4.78, 5) is 4.40. The molecule has 3 aromatic carbocycles. The Labute approximate surface area is 173 Å². The van der Waals surface area contributed by atoms with E-state index < -0.39 is 17.7 Å². The van der Waals surface area contributed by atoms with E-state index >= 15 is 0 Å². The molecule has 4 aromatic rings. The van der Waals surface area contributed by atoms with E-state index in [1.54, 1.807) is 12.1 Å². The Balaban J connectivity index is 1.47. The van der Waals surface area contributed by atoms with Gasteiger partial charge in [0, 0.05) is 11.5 Å². The third-order valence-corrected chi connectivity index (χ3v) is 5.68. The molecular weight excluding hydrogens is 380 g/mol. The number of nitrogens with zero attached hydrogens (tertiary/aromatic N) is 1. The third-order valence-electron chi connectivity index (χ3n) is 5.68. The number of pyridine rings is 1. The average molecular weight is 399 g/mol. The highest BCUT2D eigenvalue weighted by Gasteiger charge is 2.21. The predicted octanol–water partition coefficient (Wildman–Crippen LogP) is 5.86. The number of hydrogen-bond acceptors (Lipinski definition) is 2. The zero-order chi connectivity index (χ0) is 20.7. The maximum Gasteiger partial charge on any atom is 0.161 e. The van der Waals surface area contributed by atoms with Gasteiger partial charge < -0.3 is 5.11 Å². The molecule has 1 aliphatic carbocycles. The van der Waals surface area contributed by atoms with Crippen molar-refractivity contribution in [2.45, 2.75) is 18.9 Å². The van der Waals surface area contributed by atoms with E-state index in [-0.39, 0.29) is 0 Å². The summed E-state index contributed by atoms with van der Waals surface area (Å²) in [6.07, 6.45) is 4.90. The first-order valence-corrected chi connectivity index (χ1v) is 9.91. The maximum atomic E-state index is 13.5. The normalized spacial score (nSPS) is 15.8. The molecule has 2 nitrogen and oxygen atoms in total. The van der Waals surface area contributed by atoms with Crippen molar-refractivity contribution in [1.29, 1.82) is 0 Å². The minimum Gasteiger partial charge on any atom is -0.384 e. The van der Waals surface area contributed by atoms with Crippen LogP contribution in [0.3, 0.4) is 0 Å². The van der Waals surface area contributed by atoms with E-state index in [9.17, 15) is 13.9 Å². The number of hydrogen-bond donors (Lipinski definition) is 1. The van der Waals surface area contributed by atoms with Crippen LogP contribution in [0.4, 0.5) is 8.78 Å². The number of aliphatic hydroxyl groups is 1. The summed E-state index contributed by atoms with van der Waals surface area (Å²) in [6, 6.07) is 19.9. The van der Waals surface area contributed by atoms with E-state index in [4.69, 9.17) is 0 Å². The van der Waals surface area contributed by atoms with E-state index in [1.165, 1.54) is 5.56 Å². The van der Waals surface area contributed by atoms with Gasteiger partial charge in [-0.05, 0) is 64.9 Å². The second kappa shape index (κ2) is 7.47. The van der Waals surface area contributed by atoms with Crippen LogP contribution in [-0.2, 0) is 12.8 Å². The van der Waals surface area contributed by atoms with Gasteiger partial charge in [-0.3, -0.25) is 0 Å². The van der Waals surface area contributed by atoms with E-state index in [0.29, 0.717) is 16.6 Å². The van der Waals surface area contributed by atoms with Gasteiger partial charge >= 0.3 is 0 Å². The summed E-state index contributed by atoms with van der Waals surface area (Å²) in [5.74, 6) is -1.78. The van der Waals surface area contributed by atoms with Crippen molar-refractivity contribution in [3.05, 3.63) is 112 Å². The number of halogens is 2. The van der Waals surface area contributed by atoms with Gasteiger partial charge in [0.1, 0.15) is 6.10 Å². The Hall–Kier alpha value is -3.37. The molecule has 0 spiro atoms. The summed E-state index contributed by atoms with van der Waals surface area (Å²) in [7, 11) is 0. The lowest BCUT2D eigenvalue weighted by atomic mass is 9.95. The van der Waals surface area contributed by atoms with Crippen LogP contribution in [0.5, 0.6) is 0 Å². The van der Waals surface area contributed by atoms with Gasteiger partial charge in [-0.2, -0.15) is 0 Å². The van der Waals surface area contributed by atoms with Gasteiger partial charge in [0.25, 0.3) is 0 Å². The minimum atomic E-state index is -0.906. The lowest BCUT2D eigenvalue weighted by Gasteiger charge is -2.15. The lowest BCUT2D eigenvalue weighted by Crippen LogP contribution is -2.02. The number of rotatable bonds is 2. The molecule has 1 aromatic heterocycles. The highest BCUT2D eigenvalue weighted by atomic mass is 19.2. The number of fused-ring (bicyclic) bond motifs is 3. The molecule has 5 rings (SSSR count). The highest BCUT2D eigenvalue weighted by molar-refractivity contribution is 5.81. The second-order valence-corrected chi connectivity index (χ2v) is 7.59. The van der Waals surface area contributed by atoms with Gasteiger partial charge in [0.2, 0.25) is 0 Å². The summed E-state index contributed by atoms with van der Waals surface area (Å²) >= 11 is 0. The Kier molecular flexibility index (Phi) is 4.64. The van der Waals surface area contributed by atoms with Crippen molar-refractivity contribution in [2.75, 3.05) is 0 Å². The molecule has 4 heteroatoms. The molecule has 1 aliphatic rings. The first-order valence-electron chi connectivity index (χ1n) is 9.91. The van der Waals surface area contributed by atoms with Gasteiger partial charge in [0.05, 0.1) is 11.2 Å². The van der Waals surface area contributed by atoms with Crippen LogP contribution in [0.2, 0.25) is 0 Å². The largest absolute Gasteiger partial charge is 0.384 e. The van der Waals surface area contributed by atoms with Crippen molar-refractivity contribution in [1.82, 2.24) is 4.98 Å². The van der Waals surface area contributed by atoms with Crippen molar-refractivity contribution < 1.29 is 13.9 Å². The molecule has 0 saturated heterocycles. The van der Waals surface area contributed by atoms with Crippen LogP contribution in [-0.4, -0.2) is 10.1 Å². The van der Waals surface area contributed by atoms with Crippen molar-refractivity contribution >= 4 is 23.1 Å². The van der Waals surface area contributed by atoms with E-state index in [2.05, 4.69) is 17.1 Å². The van der Waals surface area contributed by atoms with Crippen molar-refractivity contribution in [3.8, 4) is 0 Å². The van der Waals surface area contributed by atoms with Gasteiger partial charge in [0.15, 0.2) is 11.6 Å². The molecule has 0 radical (unpaired) electrons. The quantitative estimate of drug-likeness (QED) is 0.458. The number of benzene rings is 3. The Morgan fingerprint density at radius 3 is 2.43 bits per heavy atom. The molecule has 30 heavy (non-hydrogen) atoms. The zero-order valence-corrected chi connectivity index (χ0v) is 16.1. The topological polar surface area (TPSA) is 33.1 Å². The van der Waals surface area contributed by atoms with Crippen LogP contribution < -0.4 is 0 Å². The van der Waals surface area contributed by atoms with E-state index in [0.717, 1.165) is 47.2 Å². The molecule has 1 N–H and O–H groups in total. The van der Waals surface area contributed by atoms with Gasteiger partial charge in [-0.25, -0.2) is 13.8 Å². The summed E-state index contributed by atoms with van der Waals surface area (Å²) in [5.41, 5.74) is 6.21. The standard InChI is InChI=1S/C26H19F2NO/c27-23-14-19-10-12-20(29-25(19)15-24(23)28)11-6-16-5-7-18-9-8-17-3-1-2-4-21(17)26(30)22(18)13-16/h1-7,10-15,26,30H,8-9H2/b11-6+. The van der Waals surface area contributed by atoms with Crippen LogP contribution in [0.25, 0.3) is 23.1 Å². The predicted molar refractivity (Wildman–Crippen MR) is 115 cm³/mol. The molecule has 0 amide bonds. The van der Waals surface area contributed by atoms with Crippen molar-refractivity contribution in [3.63, 3.8) is 0 Å². The molecule has 0 bridgehead atoms. The first kappa shape index (κ1) is 18.6. The molecule has 0 saturated carbocycles. The first-order chi connectivity index (χ1) is 14.6.